The largest absolute Gasteiger partial charge is 0.411 e. The van der Waals surface area contributed by atoms with Gasteiger partial charge in [-0.3, -0.25) is 0 Å². The van der Waals surface area contributed by atoms with Crippen LogP contribution in [0.1, 0.15) is 46.0 Å². The molecule has 5 N–H and O–H groups in total. The van der Waals surface area contributed by atoms with E-state index >= 15 is 0 Å². The van der Waals surface area contributed by atoms with Gasteiger partial charge in [-0.1, -0.05) is 20.8 Å². The maximum atomic E-state index is 9.49. The van der Waals surface area contributed by atoms with Crippen LogP contribution in [0.15, 0.2) is 60.7 Å². The van der Waals surface area contributed by atoms with Crippen LogP contribution < -0.4 is 21.3 Å². The van der Waals surface area contributed by atoms with Crippen molar-refractivity contribution < 1.29 is 19.0 Å². The van der Waals surface area contributed by atoms with Crippen LogP contribution >= 0.6 is 0 Å². The molecule has 13 heteroatoms. The highest BCUT2D eigenvalue weighted by Crippen LogP contribution is 2.37. The lowest BCUT2D eigenvalue weighted by Gasteiger charge is -2.36. The molecule has 274 valence electrons. The van der Waals surface area contributed by atoms with Crippen LogP contribution in [-0.4, -0.2) is 85.0 Å². The predicted molar refractivity (Wildman–Crippen MR) is 207 cm³/mol. The summed E-state index contributed by atoms with van der Waals surface area (Å²) in [5.41, 5.74) is 16.4. The zero-order valence-electron chi connectivity index (χ0n) is 31.1. The second-order valence-electron chi connectivity index (χ2n) is 14.8. The third-order valence-electron chi connectivity index (χ3n) is 9.74. The third-order valence-corrected chi connectivity index (χ3v) is 14.2. The Bertz CT molecular complexity index is 1730. The summed E-state index contributed by atoms with van der Waals surface area (Å²) in [7, 11) is -1.87. The minimum atomic E-state index is -1.87. The fourth-order valence-corrected chi connectivity index (χ4v) is 6.49. The van der Waals surface area contributed by atoms with Gasteiger partial charge in [0.1, 0.15) is 11.6 Å². The van der Waals surface area contributed by atoms with Gasteiger partial charge in [0.2, 0.25) is 0 Å². The van der Waals surface area contributed by atoms with Crippen LogP contribution in [0.2, 0.25) is 18.1 Å². The highest BCUT2D eigenvalue weighted by molar-refractivity contribution is 6.74. The summed E-state index contributed by atoms with van der Waals surface area (Å²) >= 11 is 0. The first-order valence-corrected chi connectivity index (χ1v) is 20.6. The molecule has 51 heavy (non-hydrogen) atoms. The van der Waals surface area contributed by atoms with Crippen LogP contribution in [0.25, 0.3) is 22.8 Å². The van der Waals surface area contributed by atoms with Crippen molar-refractivity contribution in [1.29, 1.82) is 0 Å². The summed E-state index contributed by atoms with van der Waals surface area (Å²) in [6.07, 6.45) is 0. The molecular formula is C38H54N8O4Si. The zero-order valence-corrected chi connectivity index (χ0v) is 32.1. The number of aliphatic hydroxyl groups excluding tert-OH is 1. The maximum Gasteiger partial charge on any atom is 0.192 e. The highest BCUT2D eigenvalue weighted by Gasteiger charge is 2.37. The van der Waals surface area contributed by atoms with Gasteiger partial charge >= 0.3 is 0 Å². The smallest absolute Gasteiger partial charge is 0.192 e. The molecule has 2 fully saturated rings. The number of rotatable bonds is 8. The fourth-order valence-electron chi connectivity index (χ4n) is 5.54. The lowest BCUT2D eigenvalue weighted by Crippen LogP contribution is -2.44. The quantitative estimate of drug-likeness (QED) is 0.147. The second-order valence-corrected chi connectivity index (χ2v) is 19.6. The van der Waals surface area contributed by atoms with Gasteiger partial charge in [0.05, 0.1) is 63.1 Å². The van der Waals surface area contributed by atoms with Crippen LogP contribution in [0.5, 0.6) is 0 Å². The van der Waals surface area contributed by atoms with Crippen LogP contribution in [0.3, 0.4) is 0 Å². The van der Waals surface area contributed by atoms with E-state index in [9.17, 15) is 5.11 Å². The maximum absolute atomic E-state index is 9.49. The van der Waals surface area contributed by atoms with Crippen molar-refractivity contribution in [3.8, 4) is 22.8 Å². The number of hydrogen-bond acceptors (Lipinski definition) is 12. The molecular weight excluding hydrogens is 661 g/mol. The fraction of sp³-hybridized carbons (Fsp3) is 0.474. The van der Waals surface area contributed by atoms with Gasteiger partial charge in [-0.15, -0.1) is 0 Å². The molecule has 2 aliphatic rings. The molecule has 0 aliphatic carbocycles. The van der Waals surface area contributed by atoms with E-state index in [4.69, 9.17) is 35.3 Å². The first-order chi connectivity index (χ1) is 24.2. The topological polar surface area (TPSA) is 158 Å². The number of aliphatic hydroxyl groups is 1. The highest BCUT2D eigenvalue weighted by atomic mass is 28.4. The SMILES string of the molecule is C[C@H]1COCCN1c1cc(CO)nc(-c2ccc(N)cc2)n1.C[C@H]1COCCN1c1cc(CO[Si](C)(C)C(C)(C)C)nc(-c2ccc(N)cc2)n1. The van der Waals surface area contributed by atoms with E-state index in [0.717, 1.165) is 47.2 Å². The Hall–Kier alpha value is -4.14. The molecule has 4 heterocycles. The van der Waals surface area contributed by atoms with Gasteiger partial charge in [-0.05, 0) is 80.5 Å². The van der Waals surface area contributed by atoms with Crippen molar-refractivity contribution in [2.75, 3.05) is 60.8 Å². The summed E-state index contributed by atoms with van der Waals surface area (Å²) in [5.74, 6) is 3.05. The number of benzene rings is 2. The van der Waals surface area contributed by atoms with Gasteiger partial charge in [0.25, 0.3) is 0 Å². The number of nitrogens with two attached hydrogens (primary N) is 2. The Labute approximate surface area is 303 Å². The molecule has 0 spiro atoms. The molecule has 2 aliphatic heterocycles. The van der Waals surface area contributed by atoms with E-state index in [1.165, 1.54) is 0 Å². The number of morpholine rings is 2. The molecule has 0 radical (unpaired) electrons. The molecule has 4 aromatic rings. The Balaban J connectivity index is 0.000000205. The molecule has 0 saturated carbocycles. The average Bonchev–Trinajstić information content (AvgIpc) is 3.11. The van der Waals surface area contributed by atoms with Crippen molar-refractivity contribution in [2.45, 2.75) is 78.0 Å². The number of anilines is 4. The summed E-state index contributed by atoms with van der Waals surface area (Å²) in [6, 6.07) is 19.5. The van der Waals surface area contributed by atoms with E-state index in [-0.39, 0.29) is 23.7 Å². The van der Waals surface area contributed by atoms with Crippen molar-refractivity contribution in [1.82, 2.24) is 19.9 Å². The van der Waals surface area contributed by atoms with E-state index in [1.807, 2.05) is 54.6 Å². The predicted octanol–water partition coefficient (Wildman–Crippen LogP) is 5.92. The van der Waals surface area contributed by atoms with Crippen LogP contribution in [0.4, 0.5) is 23.0 Å². The monoisotopic (exact) mass is 714 g/mol. The summed E-state index contributed by atoms with van der Waals surface area (Å²) in [5, 5.41) is 9.64. The molecule has 0 bridgehead atoms. The number of ether oxygens (including phenoxy) is 2. The molecule has 2 saturated heterocycles. The Kier molecular flexibility index (Phi) is 12.3. The number of nitrogen functional groups attached to an aromatic ring is 2. The summed E-state index contributed by atoms with van der Waals surface area (Å²) in [4.78, 5) is 23.3. The summed E-state index contributed by atoms with van der Waals surface area (Å²) in [6.45, 7) is 20.3. The minimum Gasteiger partial charge on any atom is -0.411 e. The zero-order chi connectivity index (χ0) is 36.8. The molecule has 2 aromatic heterocycles. The van der Waals surface area contributed by atoms with Gasteiger partial charge in [-0.2, -0.15) is 0 Å². The first kappa shape index (κ1) is 38.1. The third kappa shape index (κ3) is 9.80. The molecule has 2 aromatic carbocycles. The Morgan fingerprint density at radius 1 is 0.745 bits per heavy atom. The molecule has 12 nitrogen and oxygen atoms in total. The Morgan fingerprint density at radius 2 is 1.18 bits per heavy atom. The normalized spacial score (nSPS) is 18.3. The number of hydrogen-bond donors (Lipinski definition) is 3. The number of aromatic nitrogens is 4. The van der Waals surface area contributed by atoms with E-state index < -0.39 is 8.32 Å². The van der Waals surface area contributed by atoms with Gasteiger partial charge in [-0.25, -0.2) is 19.9 Å². The molecule has 2 atom stereocenters. The standard InChI is InChI=1S/C22H34N4O2Si.C16H20N4O2/c1-16-14-27-12-11-26(16)20-13-19(15-28-29(5,6)22(2,3)4)24-21(25-20)17-7-9-18(23)10-8-17;1-11-10-22-7-6-20(11)15-8-14(9-21)18-16(19-15)12-2-4-13(17)5-3-12/h7-10,13,16H,11-12,14-15,23H2,1-6H3;2-5,8,11,21H,6-7,9-10,17H2,1H3/t16-;11-/m00/s1. The molecule has 0 unspecified atom stereocenters. The van der Waals surface area contributed by atoms with Crippen molar-refractivity contribution in [2.24, 2.45) is 0 Å². The van der Waals surface area contributed by atoms with Gasteiger partial charge in [0, 0.05) is 47.7 Å². The van der Waals surface area contributed by atoms with Gasteiger partial charge < -0.3 is 40.3 Å². The van der Waals surface area contributed by atoms with Crippen LogP contribution in [0, 0.1) is 0 Å². The summed E-state index contributed by atoms with van der Waals surface area (Å²) < 4.78 is 17.5. The van der Waals surface area contributed by atoms with Gasteiger partial charge in [0.15, 0.2) is 20.0 Å². The van der Waals surface area contributed by atoms with E-state index in [1.54, 1.807) is 0 Å². The Morgan fingerprint density at radius 3 is 1.59 bits per heavy atom. The average molecular weight is 715 g/mol. The lowest BCUT2D eigenvalue weighted by molar-refractivity contribution is 0.0984. The minimum absolute atomic E-state index is 0.115. The van der Waals surface area contributed by atoms with Crippen LogP contribution in [-0.2, 0) is 27.1 Å². The molecule has 6 rings (SSSR count). The second kappa shape index (κ2) is 16.5. The van der Waals surface area contributed by atoms with Crippen molar-refractivity contribution in [3.63, 3.8) is 0 Å². The number of nitrogens with zero attached hydrogens (tertiary/aromatic N) is 6. The van der Waals surface area contributed by atoms with E-state index in [2.05, 4.69) is 73.5 Å². The lowest BCUT2D eigenvalue weighted by atomic mass is 10.2. The first-order valence-electron chi connectivity index (χ1n) is 17.7. The van der Waals surface area contributed by atoms with Crippen molar-refractivity contribution in [3.05, 3.63) is 72.1 Å². The van der Waals surface area contributed by atoms with E-state index in [0.29, 0.717) is 56.1 Å². The molecule has 0 amide bonds. The van der Waals surface area contributed by atoms with Crippen molar-refractivity contribution >= 4 is 31.3 Å².